The smallest absolute Gasteiger partial charge is 0.236 e. The maximum absolute atomic E-state index is 12.0. The lowest BCUT2D eigenvalue weighted by Crippen LogP contribution is -2.14. The Kier molecular flexibility index (Phi) is 6.46. The topological polar surface area (TPSA) is 81.9 Å². The first-order chi connectivity index (χ1) is 13.1. The molecular formula is C18H21N5O2S2. The summed E-state index contributed by atoms with van der Waals surface area (Å²) in [6.07, 6.45) is 1.66. The Hall–Kier alpha value is -2.39. The summed E-state index contributed by atoms with van der Waals surface area (Å²) in [5, 5.41) is 14.3. The minimum Gasteiger partial charge on any atom is -0.485 e. The molecule has 7 nitrogen and oxygen atoms in total. The average Bonchev–Trinajstić information content (AvgIpc) is 3.30. The normalized spacial score (nSPS) is 10.8. The van der Waals surface area contributed by atoms with E-state index in [4.69, 9.17) is 4.74 Å². The lowest BCUT2D eigenvalue weighted by atomic mass is 10.1. The Morgan fingerprint density at radius 1 is 1.33 bits per heavy atom. The molecule has 0 radical (unpaired) electrons. The SMILES string of the molecule is CCn1c(COc2cc(C)ccc2C)nnc1SCC(=O)Nc1nccs1. The summed E-state index contributed by atoms with van der Waals surface area (Å²) in [6, 6.07) is 6.11. The van der Waals surface area contributed by atoms with Crippen molar-refractivity contribution in [3.63, 3.8) is 0 Å². The molecule has 1 N–H and O–H groups in total. The molecule has 142 valence electrons. The van der Waals surface area contributed by atoms with Gasteiger partial charge in [0.05, 0.1) is 5.75 Å². The number of aromatic nitrogens is 4. The summed E-state index contributed by atoms with van der Waals surface area (Å²) in [7, 11) is 0. The van der Waals surface area contributed by atoms with Crippen molar-refractivity contribution in [1.82, 2.24) is 19.7 Å². The second-order valence-corrected chi connectivity index (χ2v) is 7.71. The maximum atomic E-state index is 12.0. The molecule has 1 aromatic carbocycles. The van der Waals surface area contributed by atoms with Crippen LogP contribution in [0.2, 0.25) is 0 Å². The van der Waals surface area contributed by atoms with Crippen molar-refractivity contribution in [1.29, 1.82) is 0 Å². The van der Waals surface area contributed by atoms with E-state index in [0.29, 0.717) is 23.4 Å². The molecule has 0 saturated heterocycles. The number of anilines is 1. The van der Waals surface area contributed by atoms with Crippen LogP contribution >= 0.6 is 23.1 Å². The van der Waals surface area contributed by atoms with Gasteiger partial charge in [0, 0.05) is 18.1 Å². The Morgan fingerprint density at radius 3 is 2.93 bits per heavy atom. The molecule has 0 aliphatic rings. The minimum atomic E-state index is -0.117. The number of thioether (sulfide) groups is 1. The van der Waals surface area contributed by atoms with Gasteiger partial charge in [-0.1, -0.05) is 23.9 Å². The second-order valence-electron chi connectivity index (χ2n) is 5.87. The van der Waals surface area contributed by atoms with E-state index in [1.807, 2.05) is 42.9 Å². The van der Waals surface area contributed by atoms with Crippen molar-refractivity contribution in [3.05, 3.63) is 46.7 Å². The zero-order chi connectivity index (χ0) is 19.2. The van der Waals surface area contributed by atoms with Crippen LogP contribution in [0.1, 0.15) is 23.9 Å². The quantitative estimate of drug-likeness (QED) is 0.578. The monoisotopic (exact) mass is 403 g/mol. The van der Waals surface area contributed by atoms with Gasteiger partial charge in [-0.15, -0.1) is 21.5 Å². The molecule has 0 aliphatic heterocycles. The van der Waals surface area contributed by atoms with E-state index >= 15 is 0 Å². The number of nitrogens with zero attached hydrogens (tertiary/aromatic N) is 4. The van der Waals surface area contributed by atoms with Crippen LogP contribution in [0.3, 0.4) is 0 Å². The molecule has 3 aromatic rings. The van der Waals surface area contributed by atoms with E-state index in [0.717, 1.165) is 22.7 Å². The molecule has 3 rings (SSSR count). The molecule has 0 spiro atoms. The van der Waals surface area contributed by atoms with Gasteiger partial charge in [-0.3, -0.25) is 4.79 Å². The third-order valence-corrected chi connectivity index (χ3v) is 5.48. The summed E-state index contributed by atoms with van der Waals surface area (Å²) in [6.45, 7) is 7.10. The zero-order valence-corrected chi connectivity index (χ0v) is 17.1. The Labute approximate surface area is 166 Å². The highest BCUT2D eigenvalue weighted by atomic mass is 32.2. The first kappa shape index (κ1) is 19.4. The number of hydrogen-bond acceptors (Lipinski definition) is 7. The van der Waals surface area contributed by atoms with Gasteiger partial charge in [0.1, 0.15) is 12.4 Å². The third kappa shape index (κ3) is 5.08. The van der Waals surface area contributed by atoms with Gasteiger partial charge in [-0.25, -0.2) is 4.98 Å². The summed E-state index contributed by atoms with van der Waals surface area (Å²) in [5.74, 6) is 1.71. The van der Waals surface area contributed by atoms with Crippen LogP contribution < -0.4 is 10.1 Å². The number of carbonyl (C=O) groups is 1. The molecule has 27 heavy (non-hydrogen) atoms. The fraction of sp³-hybridized carbons (Fsp3) is 0.333. The van der Waals surface area contributed by atoms with Crippen LogP contribution in [0.4, 0.5) is 5.13 Å². The minimum absolute atomic E-state index is 0.117. The van der Waals surface area contributed by atoms with Gasteiger partial charge in [-0.2, -0.15) is 0 Å². The summed E-state index contributed by atoms with van der Waals surface area (Å²) in [4.78, 5) is 16.1. The summed E-state index contributed by atoms with van der Waals surface area (Å²) < 4.78 is 7.90. The zero-order valence-electron chi connectivity index (χ0n) is 15.4. The maximum Gasteiger partial charge on any atom is 0.236 e. The highest BCUT2D eigenvalue weighted by molar-refractivity contribution is 7.99. The number of thiazole rings is 1. The number of carbonyl (C=O) groups excluding carboxylic acids is 1. The van der Waals surface area contributed by atoms with Crippen LogP contribution in [0, 0.1) is 13.8 Å². The van der Waals surface area contributed by atoms with Crippen LogP contribution in [-0.4, -0.2) is 31.4 Å². The average molecular weight is 404 g/mol. The van der Waals surface area contributed by atoms with Crippen molar-refractivity contribution >= 4 is 34.1 Å². The number of nitrogens with one attached hydrogen (secondary N) is 1. The fourth-order valence-electron chi connectivity index (χ4n) is 2.43. The summed E-state index contributed by atoms with van der Waals surface area (Å²) >= 11 is 2.74. The number of aryl methyl sites for hydroxylation is 2. The predicted octanol–water partition coefficient (Wildman–Crippen LogP) is 3.68. The van der Waals surface area contributed by atoms with Gasteiger partial charge < -0.3 is 14.6 Å². The lowest BCUT2D eigenvalue weighted by molar-refractivity contribution is -0.113. The van der Waals surface area contributed by atoms with Gasteiger partial charge in [0.2, 0.25) is 5.91 Å². The van der Waals surface area contributed by atoms with E-state index in [2.05, 4.69) is 26.6 Å². The third-order valence-electron chi connectivity index (χ3n) is 3.82. The molecule has 1 amide bonds. The molecular weight excluding hydrogens is 382 g/mol. The molecule has 0 unspecified atom stereocenters. The Morgan fingerprint density at radius 2 is 2.19 bits per heavy atom. The van der Waals surface area contributed by atoms with Crippen molar-refractivity contribution in [3.8, 4) is 5.75 Å². The Balaban J connectivity index is 1.60. The first-order valence-electron chi connectivity index (χ1n) is 8.51. The first-order valence-corrected chi connectivity index (χ1v) is 10.4. The molecule has 0 fully saturated rings. The highest BCUT2D eigenvalue weighted by Crippen LogP contribution is 2.22. The fourth-order valence-corrected chi connectivity index (χ4v) is 3.79. The molecule has 2 heterocycles. The second kappa shape index (κ2) is 9.01. The van der Waals surface area contributed by atoms with E-state index in [9.17, 15) is 4.79 Å². The Bertz CT molecular complexity index is 909. The standard InChI is InChI=1S/C18H21N5O2S2/c1-4-23-15(10-25-14-9-12(2)5-6-13(14)3)21-22-18(23)27-11-16(24)20-17-19-7-8-26-17/h5-9H,4,10-11H2,1-3H3,(H,19,20,24). The lowest BCUT2D eigenvalue weighted by Gasteiger charge is -2.11. The number of hydrogen-bond donors (Lipinski definition) is 1. The number of benzene rings is 1. The van der Waals surface area contributed by atoms with Crippen molar-refractivity contribution in [2.75, 3.05) is 11.1 Å². The molecule has 0 atom stereocenters. The molecule has 2 aromatic heterocycles. The van der Waals surface area contributed by atoms with Crippen LogP contribution in [-0.2, 0) is 17.9 Å². The van der Waals surface area contributed by atoms with Gasteiger partial charge >= 0.3 is 0 Å². The molecule has 0 saturated carbocycles. The van der Waals surface area contributed by atoms with Gasteiger partial charge in [0.25, 0.3) is 0 Å². The number of ether oxygens (including phenoxy) is 1. The van der Waals surface area contributed by atoms with Crippen LogP contribution in [0.5, 0.6) is 5.75 Å². The number of amides is 1. The molecule has 0 aliphatic carbocycles. The van der Waals surface area contributed by atoms with E-state index in [1.165, 1.54) is 23.1 Å². The largest absolute Gasteiger partial charge is 0.485 e. The van der Waals surface area contributed by atoms with Crippen molar-refractivity contribution in [2.45, 2.75) is 39.1 Å². The summed E-state index contributed by atoms with van der Waals surface area (Å²) in [5.41, 5.74) is 2.23. The highest BCUT2D eigenvalue weighted by Gasteiger charge is 2.14. The predicted molar refractivity (Wildman–Crippen MR) is 107 cm³/mol. The molecule has 9 heteroatoms. The van der Waals surface area contributed by atoms with E-state index < -0.39 is 0 Å². The van der Waals surface area contributed by atoms with Crippen molar-refractivity contribution < 1.29 is 9.53 Å². The number of rotatable bonds is 8. The van der Waals surface area contributed by atoms with E-state index in [1.54, 1.807) is 6.20 Å². The van der Waals surface area contributed by atoms with Crippen molar-refractivity contribution in [2.24, 2.45) is 0 Å². The molecule has 0 bridgehead atoms. The van der Waals surface area contributed by atoms with Gasteiger partial charge in [0.15, 0.2) is 16.1 Å². The van der Waals surface area contributed by atoms with Crippen LogP contribution in [0.15, 0.2) is 34.9 Å². The van der Waals surface area contributed by atoms with Gasteiger partial charge in [-0.05, 0) is 38.0 Å². The van der Waals surface area contributed by atoms with E-state index in [-0.39, 0.29) is 11.7 Å². The van der Waals surface area contributed by atoms with Crippen LogP contribution in [0.25, 0.3) is 0 Å².